The number of hydrogen-bond donors (Lipinski definition) is 1. The molecule has 1 atom stereocenters. The Balaban J connectivity index is 2.37. The van der Waals surface area contributed by atoms with E-state index in [9.17, 15) is 4.79 Å². The molecule has 0 amide bonds. The minimum absolute atomic E-state index is 0.509. The number of rotatable bonds is 6. The van der Waals surface area contributed by atoms with Crippen molar-refractivity contribution < 1.29 is 9.53 Å². The Hall–Kier alpha value is -2.13. The molecule has 0 heterocycles. The molecule has 3 heteroatoms. The summed E-state index contributed by atoms with van der Waals surface area (Å²) in [6, 6.07) is 17.2. The maximum Gasteiger partial charge on any atom is 0.153 e. The predicted molar refractivity (Wildman–Crippen MR) is 79.9 cm³/mol. The van der Waals surface area contributed by atoms with Gasteiger partial charge in [-0.25, -0.2) is 0 Å². The van der Waals surface area contributed by atoms with Crippen molar-refractivity contribution >= 4 is 6.29 Å². The smallest absolute Gasteiger partial charge is 0.153 e. The zero-order valence-electron chi connectivity index (χ0n) is 11.6. The number of carbonyl (C=O) groups excluding carboxylic acids is 1. The van der Waals surface area contributed by atoms with Gasteiger partial charge in [0.15, 0.2) is 6.29 Å². The molecular formula is C17H19NO2. The van der Waals surface area contributed by atoms with Crippen LogP contribution in [0.5, 0.6) is 5.75 Å². The van der Waals surface area contributed by atoms with Crippen molar-refractivity contribution in [2.75, 3.05) is 6.54 Å². The second-order valence-corrected chi connectivity index (χ2v) is 4.89. The standard InChI is InChI=1S/C17H19NO2/c1-17(11-12-18,15-8-3-2-4-9-15)20-16-10-6-5-7-14(16)13-19/h2-10,13H,11-12,18H2,1H3. The molecule has 0 aliphatic rings. The van der Waals surface area contributed by atoms with E-state index < -0.39 is 5.60 Å². The van der Waals surface area contributed by atoms with E-state index in [1.54, 1.807) is 12.1 Å². The van der Waals surface area contributed by atoms with Gasteiger partial charge >= 0.3 is 0 Å². The van der Waals surface area contributed by atoms with Crippen LogP contribution >= 0.6 is 0 Å². The highest BCUT2D eigenvalue weighted by atomic mass is 16.5. The van der Waals surface area contributed by atoms with Crippen LogP contribution in [0.4, 0.5) is 0 Å². The summed E-state index contributed by atoms with van der Waals surface area (Å²) >= 11 is 0. The van der Waals surface area contributed by atoms with Crippen LogP contribution in [0.3, 0.4) is 0 Å². The molecule has 0 aliphatic heterocycles. The minimum Gasteiger partial charge on any atom is -0.482 e. The highest BCUT2D eigenvalue weighted by Gasteiger charge is 2.28. The molecule has 2 N–H and O–H groups in total. The number of aldehydes is 1. The summed E-state index contributed by atoms with van der Waals surface area (Å²) < 4.78 is 6.14. The molecular weight excluding hydrogens is 250 g/mol. The Morgan fingerprint density at radius 3 is 2.40 bits per heavy atom. The molecule has 0 aromatic heterocycles. The van der Waals surface area contributed by atoms with Crippen LogP contribution in [0.1, 0.15) is 29.3 Å². The monoisotopic (exact) mass is 269 g/mol. The molecule has 2 rings (SSSR count). The molecule has 0 bridgehead atoms. The summed E-state index contributed by atoms with van der Waals surface area (Å²) in [5.41, 5.74) is 6.78. The first-order chi connectivity index (χ1) is 9.69. The number of carbonyl (C=O) groups is 1. The van der Waals surface area contributed by atoms with Crippen molar-refractivity contribution in [1.29, 1.82) is 0 Å². The Morgan fingerprint density at radius 2 is 1.75 bits per heavy atom. The second-order valence-electron chi connectivity index (χ2n) is 4.89. The lowest BCUT2D eigenvalue weighted by molar-refractivity contribution is 0.0779. The topological polar surface area (TPSA) is 52.3 Å². The molecule has 0 fully saturated rings. The maximum absolute atomic E-state index is 11.1. The van der Waals surface area contributed by atoms with E-state index in [2.05, 4.69) is 0 Å². The van der Waals surface area contributed by atoms with E-state index in [4.69, 9.17) is 10.5 Å². The van der Waals surface area contributed by atoms with E-state index in [-0.39, 0.29) is 0 Å². The average molecular weight is 269 g/mol. The van der Waals surface area contributed by atoms with Gasteiger partial charge in [-0.15, -0.1) is 0 Å². The van der Waals surface area contributed by atoms with Gasteiger partial charge < -0.3 is 10.5 Å². The van der Waals surface area contributed by atoms with Gasteiger partial charge in [0.25, 0.3) is 0 Å². The summed E-state index contributed by atoms with van der Waals surface area (Å²) in [6.07, 6.45) is 1.48. The Labute approximate surface area is 119 Å². The Morgan fingerprint density at radius 1 is 1.10 bits per heavy atom. The van der Waals surface area contributed by atoms with Gasteiger partial charge in [-0.05, 0) is 31.2 Å². The highest BCUT2D eigenvalue weighted by molar-refractivity contribution is 5.79. The molecule has 3 nitrogen and oxygen atoms in total. The molecule has 0 saturated heterocycles. The van der Waals surface area contributed by atoms with E-state index >= 15 is 0 Å². The Bertz CT molecular complexity index is 568. The third kappa shape index (κ3) is 3.06. The molecule has 0 spiro atoms. The molecule has 0 radical (unpaired) electrons. The van der Waals surface area contributed by atoms with E-state index in [1.165, 1.54) is 0 Å². The quantitative estimate of drug-likeness (QED) is 0.820. The summed E-state index contributed by atoms with van der Waals surface area (Å²) in [6.45, 7) is 2.51. The van der Waals surface area contributed by atoms with Crippen LogP contribution in [0.25, 0.3) is 0 Å². The summed E-state index contributed by atoms with van der Waals surface area (Å²) in [5.74, 6) is 0.585. The van der Waals surface area contributed by atoms with Crippen LogP contribution in [0.2, 0.25) is 0 Å². The van der Waals surface area contributed by atoms with Gasteiger partial charge in [-0.3, -0.25) is 4.79 Å². The van der Waals surface area contributed by atoms with Crippen molar-refractivity contribution in [3.63, 3.8) is 0 Å². The Kier molecular flexibility index (Phi) is 4.53. The number of benzene rings is 2. The minimum atomic E-state index is -0.547. The molecule has 2 aromatic rings. The molecule has 2 aromatic carbocycles. The van der Waals surface area contributed by atoms with Crippen molar-refractivity contribution in [2.24, 2.45) is 5.73 Å². The van der Waals surface area contributed by atoms with E-state index in [0.29, 0.717) is 24.3 Å². The fourth-order valence-electron chi connectivity index (χ4n) is 2.23. The number of hydrogen-bond acceptors (Lipinski definition) is 3. The fraction of sp³-hybridized carbons (Fsp3) is 0.235. The molecule has 104 valence electrons. The lowest BCUT2D eigenvalue weighted by atomic mass is 9.92. The lowest BCUT2D eigenvalue weighted by Gasteiger charge is -2.31. The van der Waals surface area contributed by atoms with Crippen LogP contribution in [0.15, 0.2) is 54.6 Å². The first-order valence-electron chi connectivity index (χ1n) is 6.68. The SMILES string of the molecule is CC(CCN)(Oc1ccccc1C=O)c1ccccc1. The van der Waals surface area contributed by atoms with E-state index in [1.807, 2.05) is 49.4 Å². The van der Waals surface area contributed by atoms with Crippen LogP contribution in [-0.2, 0) is 5.60 Å². The summed E-state index contributed by atoms with van der Waals surface area (Å²) in [5, 5.41) is 0. The van der Waals surface area contributed by atoms with Crippen LogP contribution < -0.4 is 10.5 Å². The maximum atomic E-state index is 11.1. The van der Waals surface area contributed by atoms with Crippen molar-refractivity contribution in [3.05, 3.63) is 65.7 Å². The lowest BCUT2D eigenvalue weighted by Crippen LogP contribution is -2.32. The summed E-state index contributed by atoms with van der Waals surface area (Å²) in [4.78, 5) is 11.1. The molecule has 20 heavy (non-hydrogen) atoms. The molecule has 0 aliphatic carbocycles. The van der Waals surface area contributed by atoms with Gasteiger partial charge in [0, 0.05) is 6.42 Å². The fourth-order valence-corrected chi connectivity index (χ4v) is 2.23. The zero-order chi connectivity index (χ0) is 14.4. The van der Waals surface area contributed by atoms with Crippen LogP contribution in [0, 0.1) is 0 Å². The van der Waals surface area contributed by atoms with Gasteiger partial charge in [0.1, 0.15) is 11.4 Å². The van der Waals surface area contributed by atoms with Crippen LogP contribution in [-0.4, -0.2) is 12.8 Å². The highest BCUT2D eigenvalue weighted by Crippen LogP contribution is 2.32. The summed E-state index contributed by atoms with van der Waals surface area (Å²) in [7, 11) is 0. The third-order valence-corrected chi connectivity index (χ3v) is 3.39. The van der Waals surface area contributed by atoms with Gasteiger partial charge in [0.05, 0.1) is 5.56 Å². The molecule has 0 saturated carbocycles. The third-order valence-electron chi connectivity index (χ3n) is 3.39. The van der Waals surface area contributed by atoms with E-state index in [0.717, 1.165) is 11.8 Å². The first kappa shape index (κ1) is 14.3. The largest absolute Gasteiger partial charge is 0.482 e. The van der Waals surface area contributed by atoms with Gasteiger partial charge in [0.2, 0.25) is 0 Å². The van der Waals surface area contributed by atoms with Gasteiger partial charge in [-0.1, -0.05) is 42.5 Å². The number of ether oxygens (including phenoxy) is 1. The van der Waals surface area contributed by atoms with Crippen molar-refractivity contribution in [3.8, 4) is 5.75 Å². The second kappa shape index (κ2) is 6.35. The zero-order valence-corrected chi connectivity index (χ0v) is 11.6. The predicted octanol–water partition coefficient (Wildman–Crippen LogP) is 3.14. The van der Waals surface area contributed by atoms with Crippen molar-refractivity contribution in [1.82, 2.24) is 0 Å². The molecule has 1 unspecified atom stereocenters. The first-order valence-corrected chi connectivity index (χ1v) is 6.68. The van der Waals surface area contributed by atoms with Gasteiger partial charge in [-0.2, -0.15) is 0 Å². The normalized spacial score (nSPS) is 13.5. The number of nitrogens with two attached hydrogens (primary N) is 1. The van der Waals surface area contributed by atoms with Crippen molar-refractivity contribution in [2.45, 2.75) is 18.9 Å². The average Bonchev–Trinajstić information content (AvgIpc) is 2.49. The number of para-hydroxylation sites is 1.